The lowest BCUT2D eigenvalue weighted by molar-refractivity contribution is 0.198. The molecule has 7 heteroatoms. The number of rotatable bonds is 5. The van der Waals surface area contributed by atoms with Crippen molar-refractivity contribution in [1.82, 2.24) is 0 Å². The van der Waals surface area contributed by atoms with Crippen LogP contribution in [0.5, 0.6) is 11.5 Å². The summed E-state index contributed by atoms with van der Waals surface area (Å²) in [5.41, 5.74) is 0.320. The molecular weight excluding hydrogens is 248 g/mol. The highest BCUT2D eigenvalue weighted by atomic mass is 32.2. The zero-order valence-electron chi connectivity index (χ0n) is 9.45. The zero-order valence-corrected chi connectivity index (χ0v) is 10.3. The Bertz CT molecular complexity index is 482. The van der Waals surface area contributed by atoms with Crippen molar-refractivity contribution in [2.75, 3.05) is 20.0 Å². The fraction of sp³-hybridized carbons (Fsp3) is 0.400. The van der Waals surface area contributed by atoms with Crippen LogP contribution in [0, 0.1) is 0 Å². The predicted molar refractivity (Wildman–Crippen MR) is 60.9 cm³/mol. The second-order valence-corrected chi connectivity index (χ2v) is 4.88. The molecule has 0 aromatic heterocycles. The molecule has 1 unspecified atom stereocenters. The van der Waals surface area contributed by atoms with Gasteiger partial charge in [0, 0.05) is 0 Å². The topological polar surface area (TPSA) is 93.1 Å². The fourth-order valence-corrected chi connectivity index (χ4v) is 1.95. The van der Waals surface area contributed by atoms with E-state index >= 15 is 0 Å². The molecular formula is C10H14O6S. The minimum atomic E-state index is -4.23. The van der Waals surface area contributed by atoms with E-state index in [2.05, 4.69) is 0 Å². The summed E-state index contributed by atoms with van der Waals surface area (Å²) >= 11 is 0. The number of ether oxygens (including phenoxy) is 2. The Morgan fingerprint density at radius 3 is 2.29 bits per heavy atom. The maximum Gasteiger partial charge on any atom is 0.267 e. The van der Waals surface area contributed by atoms with Crippen molar-refractivity contribution in [3.8, 4) is 11.5 Å². The van der Waals surface area contributed by atoms with Crippen LogP contribution in [0.2, 0.25) is 0 Å². The molecule has 0 bridgehead atoms. The molecule has 1 aromatic carbocycles. The van der Waals surface area contributed by atoms with Crippen LogP contribution in [-0.4, -0.2) is 38.0 Å². The van der Waals surface area contributed by atoms with E-state index in [1.165, 1.54) is 26.4 Å². The van der Waals surface area contributed by atoms with Crippen LogP contribution >= 0.6 is 0 Å². The fourth-order valence-electron chi connectivity index (χ4n) is 1.36. The van der Waals surface area contributed by atoms with E-state index in [4.69, 9.17) is 14.0 Å². The molecule has 0 saturated carbocycles. The molecule has 17 heavy (non-hydrogen) atoms. The van der Waals surface area contributed by atoms with Crippen LogP contribution in [0.4, 0.5) is 0 Å². The van der Waals surface area contributed by atoms with Gasteiger partial charge < -0.3 is 14.6 Å². The molecule has 6 nitrogen and oxygen atoms in total. The first-order valence-electron chi connectivity index (χ1n) is 4.72. The SMILES string of the molecule is COc1ccc(C(O)CS(=O)(=O)O)cc1OC. The van der Waals surface area contributed by atoms with Gasteiger partial charge in [-0.3, -0.25) is 4.55 Å². The Kier molecular flexibility index (Phi) is 4.33. The Morgan fingerprint density at radius 2 is 1.82 bits per heavy atom. The summed E-state index contributed by atoms with van der Waals surface area (Å²) in [6, 6.07) is 4.49. The number of hydrogen-bond donors (Lipinski definition) is 2. The van der Waals surface area contributed by atoms with E-state index in [0.29, 0.717) is 17.1 Å². The van der Waals surface area contributed by atoms with Gasteiger partial charge in [0.1, 0.15) is 5.75 Å². The summed E-state index contributed by atoms with van der Waals surface area (Å²) in [6.07, 6.45) is -1.31. The van der Waals surface area contributed by atoms with Gasteiger partial charge in [0.05, 0.1) is 20.3 Å². The average Bonchev–Trinajstić information content (AvgIpc) is 2.25. The zero-order chi connectivity index (χ0) is 13.1. The molecule has 96 valence electrons. The maximum atomic E-state index is 10.6. The molecule has 0 spiro atoms. The number of aliphatic hydroxyl groups is 1. The lowest BCUT2D eigenvalue weighted by Gasteiger charge is -2.12. The van der Waals surface area contributed by atoms with Crippen LogP contribution in [0.3, 0.4) is 0 Å². The number of methoxy groups -OCH3 is 2. The summed E-state index contributed by atoms with van der Waals surface area (Å²) in [5, 5.41) is 9.60. The third-order valence-electron chi connectivity index (χ3n) is 2.16. The lowest BCUT2D eigenvalue weighted by Crippen LogP contribution is -2.13. The molecule has 1 rings (SSSR count). The highest BCUT2D eigenvalue weighted by Gasteiger charge is 2.17. The molecule has 0 heterocycles. The van der Waals surface area contributed by atoms with Gasteiger partial charge in [0.15, 0.2) is 11.5 Å². The molecule has 0 aliphatic rings. The molecule has 0 amide bonds. The van der Waals surface area contributed by atoms with Gasteiger partial charge in [-0.1, -0.05) is 6.07 Å². The summed E-state index contributed by atoms with van der Waals surface area (Å²) < 4.78 is 39.9. The first-order valence-corrected chi connectivity index (χ1v) is 6.33. The maximum absolute atomic E-state index is 10.6. The summed E-state index contributed by atoms with van der Waals surface area (Å²) in [5.74, 6) is 0.0809. The summed E-state index contributed by atoms with van der Waals surface area (Å²) in [4.78, 5) is 0. The highest BCUT2D eigenvalue weighted by Crippen LogP contribution is 2.30. The van der Waals surface area contributed by atoms with Gasteiger partial charge in [-0.15, -0.1) is 0 Å². The van der Waals surface area contributed by atoms with Crippen molar-refractivity contribution in [2.24, 2.45) is 0 Å². The van der Waals surface area contributed by atoms with Crippen molar-refractivity contribution in [2.45, 2.75) is 6.10 Å². The molecule has 0 aliphatic heterocycles. The van der Waals surface area contributed by atoms with E-state index < -0.39 is 22.0 Å². The van der Waals surface area contributed by atoms with E-state index in [1.54, 1.807) is 6.07 Å². The van der Waals surface area contributed by atoms with Crippen molar-refractivity contribution < 1.29 is 27.6 Å². The Labute approximate surface area is 99.5 Å². The molecule has 1 atom stereocenters. The second-order valence-electron chi connectivity index (χ2n) is 3.38. The van der Waals surface area contributed by atoms with E-state index in [0.717, 1.165) is 0 Å². The third kappa shape index (κ3) is 3.88. The summed E-state index contributed by atoms with van der Waals surface area (Å²) in [7, 11) is -1.34. The van der Waals surface area contributed by atoms with E-state index in [1.807, 2.05) is 0 Å². The molecule has 0 saturated heterocycles. The quantitative estimate of drug-likeness (QED) is 0.756. The molecule has 2 N–H and O–H groups in total. The molecule has 1 aromatic rings. The van der Waals surface area contributed by atoms with Gasteiger partial charge in [0.25, 0.3) is 10.1 Å². The monoisotopic (exact) mass is 262 g/mol. The van der Waals surface area contributed by atoms with Crippen molar-refractivity contribution >= 4 is 10.1 Å². The van der Waals surface area contributed by atoms with Crippen LogP contribution in [0.15, 0.2) is 18.2 Å². The standard InChI is InChI=1S/C10H14O6S/c1-15-9-4-3-7(5-10(9)16-2)8(11)6-17(12,13)14/h3-5,8,11H,6H2,1-2H3,(H,12,13,14). The number of hydrogen-bond acceptors (Lipinski definition) is 5. The number of aliphatic hydroxyl groups excluding tert-OH is 1. The molecule has 0 fully saturated rings. The third-order valence-corrected chi connectivity index (χ3v) is 2.90. The summed E-state index contributed by atoms with van der Waals surface area (Å²) in [6.45, 7) is 0. The van der Waals surface area contributed by atoms with Gasteiger partial charge >= 0.3 is 0 Å². The lowest BCUT2D eigenvalue weighted by atomic mass is 10.1. The van der Waals surface area contributed by atoms with Crippen LogP contribution in [-0.2, 0) is 10.1 Å². The molecule has 0 aliphatic carbocycles. The highest BCUT2D eigenvalue weighted by molar-refractivity contribution is 7.85. The van der Waals surface area contributed by atoms with Crippen LogP contribution in [0.1, 0.15) is 11.7 Å². The Hall–Kier alpha value is -1.31. The average molecular weight is 262 g/mol. The largest absolute Gasteiger partial charge is 0.493 e. The molecule has 0 radical (unpaired) electrons. The minimum Gasteiger partial charge on any atom is -0.493 e. The van der Waals surface area contributed by atoms with Gasteiger partial charge in [-0.2, -0.15) is 8.42 Å². The Balaban J connectivity index is 2.99. The smallest absolute Gasteiger partial charge is 0.267 e. The van der Waals surface area contributed by atoms with Crippen LogP contribution < -0.4 is 9.47 Å². The minimum absolute atomic E-state index is 0.320. The number of benzene rings is 1. The van der Waals surface area contributed by atoms with Gasteiger partial charge in [-0.25, -0.2) is 0 Å². The van der Waals surface area contributed by atoms with Crippen molar-refractivity contribution in [1.29, 1.82) is 0 Å². The van der Waals surface area contributed by atoms with Crippen LogP contribution in [0.25, 0.3) is 0 Å². The van der Waals surface area contributed by atoms with Crippen molar-refractivity contribution in [3.63, 3.8) is 0 Å². The van der Waals surface area contributed by atoms with E-state index in [-0.39, 0.29) is 0 Å². The first-order chi connectivity index (χ1) is 7.87. The predicted octanol–water partition coefficient (Wildman–Crippen LogP) is 0.625. The van der Waals surface area contributed by atoms with Crippen molar-refractivity contribution in [3.05, 3.63) is 23.8 Å². The van der Waals surface area contributed by atoms with E-state index in [9.17, 15) is 13.5 Å². The van der Waals surface area contributed by atoms with Gasteiger partial charge in [0.2, 0.25) is 0 Å². The first kappa shape index (κ1) is 13.8. The normalized spacial score (nSPS) is 13.2. The van der Waals surface area contributed by atoms with Gasteiger partial charge in [-0.05, 0) is 17.7 Å². The Morgan fingerprint density at radius 1 is 1.24 bits per heavy atom. The second kappa shape index (κ2) is 5.35.